The largest absolute Gasteiger partial charge is 0.324 e. The number of para-hydroxylation sites is 1. The van der Waals surface area contributed by atoms with Crippen LogP contribution < -0.4 is 5.32 Å². The smallest absolute Gasteiger partial charge is 0.256 e. The monoisotopic (exact) mass is 337 g/mol. The van der Waals surface area contributed by atoms with Crippen molar-refractivity contribution in [3.63, 3.8) is 0 Å². The normalized spacial score (nSPS) is 28.2. The second kappa shape index (κ2) is 5.39. The lowest BCUT2D eigenvalue weighted by molar-refractivity contribution is -0.534. The zero-order valence-electron chi connectivity index (χ0n) is 14.1. The lowest BCUT2D eigenvalue weighted by Gasteiger charge is -2.30. The molecule has 128 valence electrons. The van der Waals surface area contributed by atoms with E-state index in [9.17, 15) is 14.9 Å². The lowest BCUT2D eigenvalue weighted by atomic mass is 9.79. The number of carbonyl (C=O) groups is 1. The number of nitrogens with one attached hydrogen (secondary N) is 1. The van der Waals surface area contributed by atoms with E-state index in [-0.39, 0.29) is 16.7 Å². The predicted molar refractivity (Wildman–Crippen MR) is 94.1 cm³/mol. The van der Waals surface area contributed by atoms with Gasteiger partial charge in [-0.15, -0.1) is 0 Å². The van der Waals surface area contributed by atoms with Gasteiger partial charge < -0.3 is 5.32 Å². The van der Waals surface area contributed by atoms with Crippen molar-refractivity contribution in [1.29, 1.82) is 0 Å². The third-order valence-electron chi connectivity index (χ3n) is 5.55. The van der Waals surface area contributed by atoms with Crippen LogP contribution in [0.2, 0.25) is 0 Å². The first-order chi connectivity index (χ1) is 12.0. The summed E-state index contributed by atoms with van der Waals surface area (Å²) in [5.74, 6) is -0.662. The Hall–Kier alpha value is -2.73. The molecule has 2 aliphatic heterocycles. The van der Waals surface area contributed by atoms with Crippen LogP contribution in [-0.4, -0.2) is 35.4 Å². The van der Waals surface area contributed by atoms with Crippen LogP contribution >= 0.6 is 0 Å². The van der Waals surface area contributed by atoms with Crippen molar-refractivity contribution in [2.45, 2.75) is 24.4 Å². The maximum absolute atomic E-state index is 13.0. The summed E-state index contributed by atoms with van der Waals surface area (Å²) in [7, 11) is 1.80. The molecule has 0 radical (unpaired) electrons. The van der Waals surface area contributed by atoms with Crippen LogP contribution in [0.15, 0.2) is 48.5 Å². The van der Waals surface area contributed by atoms with Gasteiger partial charge in [0.05, 0.1) is 5.92 Å². The van der Waals surface area contributed by atoms with Gasteiger partial charge in [-0.25, -0.2) is 0 Å². The molecule has 1 amide bonds. The quantitative estimate of drug-likeness (QED) is 0.675. The predicted octanol–water partition coefficient (Wildman–Crippen LogP) is 2.52. The number of benzene rings is 2. The average Bonchev–Trinajstić information content (AvgIpc) is 3.05. The molecule has 1 fully saturated rings. The number of fused-ring (bicyclic) bond motifs is 2. The molecule has 1 N–H and O–H groups in total. The van der Waals surface area contributed by atoms with Crippen LogP contribution in [0.1, 0.15) is 22.6 Å². The summed E-state index contributed by atoms with van der Waals surface area (Å²) in [4.78, 5) is 26.6. The van der Waals surface area contributed by atoms with Gasteiger partial charge >= 0.3 is 0 Å². The van der Waals surface area contributed by atoms with Crippen molar-refractivity contribution in [2.75, 3.05) is 18.9 Å². The number of nitrogens with zero attached hydrogens (tertiary/aromatic N) is 2. The molecule has 4 rings (SSSR count). The number of likely N-dealkylation sites (tertiary alicyclic amines) is 1. The number of nitro groups is 1. The number of aryl methyl sites for hydroxylation is 1. The van der Waals surface area contributed by atoms with Crippen LogP contribution in [0.25, 0.3) is 0 Å². The second-order valence-electron chi connectivity index (χ2n) is 6.89. The lowest BCUT2D eigenvalue weighted by Crippen LogP contribution is -2.54. The van der Waals surface area contributed by atoms with Crippen LogP contribution in [0.3, 0.4) is 0 Å². The zero-order valence-corrected chi connectivity index (χ0v) is 14.1. The van der Waals surface area contributed by atoms with Gasteiger partial charge in [0.25, 0.3) is 11.9 Å². The average molecular weight is 337 g/mol. The SMILES string of the molecule is Cc1ccc([C@@H]2CN(C)[C@@]3(C(=O)Nc4ccccc43)[C@H]2[N+](=O)[O-])cc1. The van der Waals surface area contributed by atoms with Crippen molar-refractivity contribution in [3.8, 4) is 0 Å². The van der Waals surface area contributed by atoms with Crippen molar-refractivity contribution in [3.05, 3.63) is 75.3 Å². The minimum Gasteiger partial charge on any atom is -0.324 e. The maximum atomic E-state index is 13.0. The molecular weight excluding hydrogens is 318 g/mol. The molecule has 0 saturated carbocycles. The van der Waals surface area contributed by atoms with E-state index in [1.54, 1.807) is 13.1 Å². The minimum absolute atomic E-state index is 0.282. The minimum atomic E-state index is -1.27. The summed E-state index contributed by atoms with van der Waals surface area (Å²) >= 11 is 0. The second-order valence-corrected chi connectivity index (χ2v) is 6.89. The molecule has 25 heavy (non-hydrogen) atoms. The number of hydrogen-bond acceptors (Lipinski definition) is 4. The zero-order chi connectivity index (χ0) is 17.8. The summed E-state index contributed by atoms with van der Waals surface area (Å²) in [5.41, 5.74) is 2.09. The Labute approximate surface area is 145 Å². The molecule has 0 aromatic heterocycles. The number of hydrogen-bond donors (Lipinski definition) is 1. The Balaban J connectivity index is 1.90. The number of amides is 1. The molecule has 0 unspecified atom stereocenters. The van der Waals surface area contributed by atoms with E-state index in [0.717, 1.165) is 11.1 Å². The molecule has 2 aromatic rings. The number of likely N-dealkylation sites (N-methyl/N-ethyl adjacent to an activating group) is 1. The van der Waals surface area contributed by atoms with Crippen molar-refractivity contribution < 1.29 is 9.72 Å². The highest BCUT2D eigenvalue weighted by atomic mass is 16.6. The Kier molecular flexibility index (Phi) is 3.40. The molecule has 1 saturated heterocycles. The van der Waals surface area contributed by atoms with E-state index in [2.05, 4.69) is 5.32 Å². The van der Waals surface area contributed by atoms with Gasteiger partial charge in [-0.3, -0.25) is 19.8 Å². The highest BCUT2D eigenvalue weighted by molar-refractivity contribution is 6.06. The van der Waals surface area contributed by atoms with E-state index in [0.29, 0.717) is 17.8 Å². The van der Waals surface area contributed by atoms with E-state index < -0.39 is 11.6 Å². The topological polar surface area (TPSA) is 75.5 Å². The van der Waals surface area contributed by atoms with Gasteiger partial charge in [0.15, 0.2) is 5.54 Å². The van der Waals surface area contributed by atoms with E-state index in [4.69, 9.17) is 0 Å². The molecule has 1 spiro atoms. The fraction of sp³-hybridized carbons (Fsp3) is 0.316. The first-order valence-corrected chi connectivity index (χ1v) is 8.28. The van der Waals surface area contributed by atoms with Crippen LogP contribution in [-0.2, 0) is 10.3 Å². The number of rotatable bonds is 2. The van der Waals surface area contributed by atoms with Gasteiger partial charge in [0, 0.05) is 22.7 Å². The van der Waals surface area contributed by atoms with Gasteiger partial charge in [0.2, 0.25) is 0 Å². The highest BCUT2D eigenvalue weighted by Gasteiger charge is 2.68. The van der Waals surface area contributed by atoms with Crippen molar-refractivity contribution >= 4 is 11.6 Å². The van der Waals surface area contributed by atoms with E-state index >= 15 is 0 Å². The van der Waals surface area contributed by atoms with Gasteiger partial charge in [-0.05, 0) is 25.6 Å². The first-order valence-electron chi connectivity index (χ1n) is 8.28. The highest BCUT2D eigenvalue weighted by Crippen LogP contribution is 2.51. The van der Waals surface area contributed by atoms with Gasteiger partial charge in [0.1, 0.15) is 0 Å². The van der Waals surface area contributed by atoms with Crippen LogP contribution in [0.5, 0.6) is 0 Å². The summed E-state index contributed by atoms with van der Waals surface area (Å²) in [5, 5.41) is 15.0. The van der Waals surface area contributed by atoms with Crippen molar-refractivity contribution in [1.82, 2.24) is 4.90 Å². The van der Waals surface area contributed by atoms with Crippen LogP contribution in [0.4, 0.5) is 5.69 Å². The molecule has 2 aromatic carbocycles. The molecule has 0 aliphatic carbocycles. The standard InChI is InChI=1S/C19H19N3O3/c1-12-7-9-13(10-8-12)14-11-21(2)19(17(14)22(24)25)15-5-3-4-6-16(15)20-18(19)23/h3-10,14,17H,11H2,1-2H3,(H,20,23)/t14-,17-,19+/m0/s1. The Bertz CT molecular complexity index is 864. The Morgan fingerprint density at radius 3 is 2.56 bits per heavy atom. The van der Waals surface area contributed by atoms with Gasteiger partial charge in [-0.2, -0.15) is 0 Å². The number of anilines is 1. The summed E-state index contributed by atoms with van der Waals surface area (Å²) < 4.78 is 0. The molecule has 3 atom stereocenters. The first kappa shape index (κ1) is 15.8. The fourth-order valence-electron chi connectivity index (χ4n) is 4.39. The van der Waals surface area contributed by atoms with E-state index in [1.165, 1.54) is 0 Å². The molecule has 2 heterocycles. The number of carbonyl (C=O) groups excluding carboxylic acids is 1. The fourth-order valence-corrected chi connectivity index (χ4v) is 4.39. The summed E-state index contributed by atoms with van der Waals surface area (Å²) in [6, 6.07) is 14.0. The molecule has 2 aliphatic rings. The third-order valence-corrected chi connectivity index (χ3v) is 5.55. The van der Waals surface area contributed by atoms with Crippen LogP contribution in [0, 0.1) is 17.0 Å². The Morgan fingerprint density at radius 2 is 1.88 bits per heavy atom. The maximum Gasteiger partial charge on any atom is 0.256 e. The van der Waals surface area contributed by atoms with E-state index in [1.807, 2.05) is 54.3 Å². The van der Waals surface area contributed by atoms with Crippen molar-refractivity contribution in [2.24, 2.45) is 0 Å². The Morgan fingerprint density at radius 1 is 1.20 bits per heavy atom. The summed E-state index contributed by atoms with van der Waals surface area (Å²) in [6.45, 7) is 2.44. The molecule has 0 bridgehead atoms. The van der Waals surface area contributed by atoms with Gasteiger partial charge in [-0.1, -0.05) is 48.0 Å². The molecule has 6 nitrogen and oxygen atoms in total. The molecular formula is C19H19N3O3. The summed E-state index contributed by atoms with van der Waals surface area (Å²) in [6.07, 6.45) is 0. The molecule has 6 heteroatoms. The third kappa shape index (κ3) is 2.04.